The lowest BCUT2D eigenvalue weighted by Crippen LogP contribution is -2.06. The minimum atomic E-state index is -0.828. The lowest BCUT2D eigenvalue weighted by molar-refractivity contribution is -0.137. The molecule has 0 aliphatic carbocycles. The molecule has 2 rings (SSSR count). The first-order valence-corrected chi connectivity index (χ1v) is 5.36. The highest BCUT2D eigenvalue weighted by molar-refractivity contribution is 5.66. The third-order valence-electron chi connectivity index (χ3n) is 2.47. The van der Waals surface area contributed by atoms with Crippen LogP contribution in [-0.4, -0.2) is 25.8 Å². The number of carboxylic acids is 1. The van der Waals surface area contributed by atoms with E-state index in [0.29, 0.717) is 12.2 Å². The van der Waals surface area contributed by atoms with Crippen molar-refractivity contribution in [2.45, 2.75) is 19.8 Å². The number of carboxylic acid groups (broad SMARTS) is 1. The molecule has 88 valence electrons. The van der Waals surface area contributed by atoms with Gasteiger partial charge in [-0.1, -0.05) is 18.2 Å². The normalized spacial score (nSPS) is 10.4. The van der Waals surface area contributed by atoms with E-state index in [2.05, 4.69) is 10.2 Å². The molecule has 0 unspecified atom stereocenters. The molecule has 17 heavy (non-hydrogen) atoms. The number of para-hydroxylation sites is 1. The van der Waals surface area contributed by atoms with Crippen molar-refractivity contribution in [2.24, 2.45) is 0 Å². The van der Waals surface area contributed by atoms with Gasteiger partial charge in [-0.2, -0.15) is 0 Å². The van der Waals surface area contributed by atoms with Crippen molar-refractivity contribution in [2.75, 3.05) is 0 Å². The molecule has 0 atom stereocenters. The average Bonchev–Trinajstić information content (AvgIpc) is 2.69. The van der Waals surface area contributed by atoms with Gasteiger partial charge in [-0.05, 0) is 19.1 Å². The maximum atomic E-state index is 10.6. The Kier molecular flexibility index (Phi) is 3.18. The molecule has 5 heteroatoms. The first-order chi connectivity index (χ1) is 8.18. The summed E-state index contributed by atoms with van der Waals surface area (Å²) in [6.45, 7) is 1.85. The highest BCUT2D eigenvalue weighted by Gasteiger charge is 2.11. The maximum Gasteiger partial charge on any atom is 0.303 e. The van der Waals surface area contributed by atoms with Crippen LogP contribution in [0, 0.1) is 6.92 Å². The topological polar surface area (TPSA) is 68.0 Å². The van der Waals surface area contributed by atoms with Gasteiger partial charge in [-0.25, -0.2) is 0 Å². The van der Waals surface area contributed by atoms with Crippen LogP contribution in [-0.2, 0) is 11.2 Å². The molecule has 0 radical (unpaired) electrons. The monoisotopic (exact) mass is 231 g/mol. The Hall–Kier alpha value is -2.17. The number of nitrogens with zero attached hydrogens (tertiary/aromatic N) is 3. The molecular weight excluding hydrogens is 218 g/mol. The lowest BCUT2D eigenvalue weighted by Gasteiger charge is -2.07. The summed E-state index contributed by atoms with van der Waals surface area (Å²) < 4.78 is 1.88. The van der Waals surface area contributed by atoms with Gasteiger partial charge >= 0.3 is 5.97 Å². The molecule has 0 saturated heterocycles. The third kappa shape index (κ3) is 2.50. The summed E-state index contributed by atoms with van der Waals surface area (Å²) in [5, 5.41) is 16.7. The zero-order valence-corrected chi connectivity index (χ0v) is 9.50. The zero-order chi connectivity index (χ0) is 12.3. The molecule has 1 heterocycles. The maximum absolute atomic E-state index is 10.6. The average molecular weight is 231 g/mol. The molecule has 0 bridgehead atoms. The number of aromatic nitrogens is 3. The number of carbonyl (C=O) groups is 1. The summed E-state index contributed by atoms with van der Waals surface area (Å²) in [5.74, 6) is 0.609. The van der Waals surface area contributed by atoms with Crippen molar-refractivity contribution < 1.29 is 9.90 Å². The largest absolute Gasteiger partial charge is 0.481 e. The molecule has 2 aromatic rings. The van der Waals surface area contributed by atoms with E-state index in [4.69, 9.17) is 5.11 Å². The SMILES string of the molecule is Cc1nnc(CCC(=O)O)n1-c1ccccc1. The van der Waals surface area contributed by atoms with Gasteiger partial charge in [0.25, 0.3) is 0 Å². The first-order valence-electron chi connectivity index (χ1n) is 5.36. The zero-order valence-electron chi connectivity index (χ0n) is 9.50. The minimum absolute atomic E-state index is 0.0605. The molecule has 0 aliphatic heterocycles. The molecular formula is C12H13N3O2. The van der Waals surface area contributed by atoms with Crippen molar-refractivity contribution in [3.8, 4) is 5.69 Å². The number of hydrogen-bond donors (Lipinski definition) is 1. The minimum Gasteiger partial charge on any atom is -0.481 e. The number of aryl methyl sites for hydroxylation is 2. The third-order valence-corrected chi connectivity index (χ3v) is 2.47. The van der Waals surface area contributed by atoms with E-state index in [0.717, 1.165) is 11.5 Å². The Balaban J connectivity index is 2.33. The van der Waals surface area contributed by atoms with Gasteiger partial charge in [0, 0.05) is 12.1 Å². The summed E-state index contributed by atoms with van der Waals surface area (Å²) >= 11 is 0. The Labute approximate surface area is 98.7 Å². The van der Waals surface area contributed by atoms with Crippen LogP contribution < -0.4 is 0 Å². The van der Waals surface area contributed by atoms with Crippen molar-refractivity contribution in [1.82, 2.24) is 14.8 Å². The van der Waals surface area contributed by atoms with Crippen LogP contribution in [0.3, 0.4) is 0 Å². The van der Waals surface area contributed by atoms with Gasteiger partial charge in [0.15, 0.2) is 0 Å². The van der Waals surface area contributed by atoms with E-state index in [-0.39, 0.29) is 6.42 Å². The van der Waals surface area contributed by atoms with E-state index in [1.54, 1.807) is 0 Å². The van der Waals surface area contributed by atoms with Crippen LogP contribution in [0.1, 0.15) is 18.1 Å². The molecule has 1 aromatic heterocycles. The molecule has 0 amide bonds. The van der Waals surface area contributed by atoms with Crippen LogP contribution in [0.25, 0.3) is 5.69 Å². The standard InChI is InChI=1S/C12H13N3O2/c1-9-13-14-11(7-8-12(16)17)15(9)10-5-3-2-4-6-10/h2-6H,7-8H2,1H3,(H,16,17). The van der Waals surface area contributed by atoms with Crippen LogP contribution in [0.15, 0.2) is 30.3 Å². The summed E-state index contributed by atoms with van der Waals surface area (Å²) in [5.41, 5.74) is 0.954. The van der Waals surface area contributed by atoms with Gasteiger partial charge in [0.2, 0.25) is 0 Å². The van der Waals surface area contributed by atoms with Crippen molar-refractivity contribution in [1.29, 1.82) is 0 Å². The molecule has 0 fully saturated rings. The summed E-state index contributed by atoms with van der Waals surface area (Å²) in [4.78, 5) is 10.6. The van der Waals surface area contributed by atoms with Gasteiger partial charge in [-0.3, -0.25) is 9.36 Å². The van der Waals surface area contributed by atoms with E-state index in [1.165, 1.54) is 0 Å². The van der Waals surface area contributed by atoms with Crippen molar-refractivity contribution >= 4 is 5.97 Å². The van der Waals surface area contributed by atoms with Crippen molar-refractivity contribution in [3.05, 3.63) is 42.0 Å². The summed E-state index contributed by atoms with van der Waals surface area (Å²) in [6.07, 6.45) is 0.441. The van der Waals surface area contributed by atoms with E-state index >= 15 is 0 Å². The second kappa shape index (κ2) is 4.78. The van der Waals surface area contributed by atoms with E-state index < -0.39 is 5.97 Å². The summed E-state index contributed by atoms with van der Waals surface area (Å²) in [7, 11) is 0. The molecule has 0 aliphatic rings. The fourth-order valence-electron chi connectivity index (χ4n) is 1.70. The summed E-state index contributed by atoms with van der Waals surface area (Å²) in [6, 6.07) is 9.67. The van der Waals surface area contributed by atoms with E-state index in [9.17, 15) is 4.79 Å². The second-order valence-corrected chi connectivity index (χ2v) is 3.73. The Bertz CT molecular complexity index is 520. The Morgan fingerprint density at radius 3 is 2.65 bits per heavy atom. The Morgan fingerprint density at radius 1 is 1.29 bits per heavy atom. The first kappa shape index (κ1) is 11.3. The van der Waals surface area contributed by atoms with E-state index in [1.807, 2.05) is 41.8 Å². The predicted octanol–water partition coefficient (Wildman–Crippen LogP) is 1.59. The molecule has 1 N–H and O–H groups in total. The molecule has 5 nitrogen and oxygen atoms in total. The number of benzene rings is 1. The van der Waals surface area contributed by atoms with Gasteiger partial charge in [0.1, 0.15) is 11.6 Å². The number of rotatable bonds is 4. The van der Waals surface area contributed by atoms with Gasteiger partial charge in [0.05, 0.1) is 6.42 Å². The van der Waals surface area contributed by atoms with Crippen LogP contribution in [0.4, 0.5) is 0 Å². The smallest absolute Gasteiger partial charge is 0.303 e. The fourth-order valence-corrected chi connectivity index (χ4v) is 1.70. The predicted molar refractivity (Wildman–Crippen MR) is 62.1 cm³/mol. The van der Waals surface area contributed by atoms with Gasteiger partial charge < -0.3 is 5.11 Å². The quantitative estimate of drug-likeness (QED) is 0.867. The van der Waals surface area contributed by atoms with Crippen molar-refractivity contribution in [3.63, 3.8) is 0 Å². The molecule has 0 spiro atoms. The van der Waals surface area contributed by atoms with Crippen LogP contribution in [0.5, 0.6) is 0 Å². The van der Waals surface area contributed by atoms with Crippen LogP contribution in [0.2, 0.25) is 0 Å². The number of hydrogen-bond acceptors (Lipinski definition) is 3. The molecule has 0 saturated carbocycles. The van der Waals surface area contributed by atoms with Gasteiger partial charge in [-0.15, -0.1) is 10.2 Å². The highest BCUT2D eigenvalue weighted by atomic mass is 16.4. The second-order valence-electron chi connectivity index (χ2n) is 3.73. The highest BCUT2D eigenvalue weighted by Crippen LogP contribution is 2.13. The van der Waals surface area contributed by atoms with Crippen LogP contribution >= 0.6 is 0 Å². The molecule has 1 aromatic carbocycles. The fraction of sp³-hybridized carbons (Fsp3) is 0.250. The number of aliphatic carboxylic acids is 1. The Morgan fingerprint density at radius 2 is 2.00 bits per heavy atom. The lowest BCUT2D eigenvalue weighted by atomic mass is 10.2.